The van der Waals surface area contributed by atoms with Crippen molar-refractivity contribution in [3.05, 3.63) is 97.7 Å². The van der Waals surface area contributed by atoms with E-state index in [4.69, 9.17) is 58.9 Å². The maximum Gasteiger partial charge on any atom is 0.427 e. The lowest BCUT2D eigenvalue weighted by atomic mass is 10.1. The summed E-state index contributed by atoms with van der Waals surface area (Å²) in [6, 6.07) is 9.03. The molecule has 2 aliphatic rings. The van der Waals surface area contributed by atoms with Crippen LogP contribution in [-0.2, 0) is 26.0 Å². The highest BCUT2D eigenvalue weighted by atomic mass is 35.5. The average molecular weight is 994 g/mol. The molecular weight excluding hydrogens is 955 g/mol. The number of carboxylic acid groups (broad SMARTS) is 1. The number of urea groups is 1. The summed E-state index contributed by atoms with van der Waals surface area (Å²) in [6.45, 7) is 4.77. The number of hydrogen-bond donors (Lipinski definition) is 3. The number of allylic oxidation sites excluding steroid dienone is 1. The Labute approximate surface area is 384 Å². The number of carbonyl (C=O) groups is 4. The van der Waals surface area contributed by atoms with Gasteiger partial charge in [-0.05, 0) is 88.3 Å². The minimum absolute atomic E-state index is 0.00962. The van der Waals surface area contributed by atoms with Gasteiger partial charge in [0.2, 0.25) is 5.95 Å². The molecule has 3 N–H and O–H groups in total. The number of alkyl halides is 3. The Morgan fingerprint density at radius 2 is 1.60 bits per heavy atom. The van der Waals surface area contributed by atoms with E-state index in [-0.39, 0.29) is 73.0 Å². The second-order valence-electron chi connectivity index (χ2n) is 13.8. The number of aromatic carboxylic acids is 1. The number of rotatable bonds is 11. The number of nitrogens with one attached hydrogen (secondary N) is 2. The van der Waals surface area contributed by atoms with Crippen molar-refractivity contribution in [3.63, 3.8) is 0 Å². The molecule has 0 radical (unpaired) electrons. The van der Waals surface area contributed by atoms with Gasteiger partial charge in [-0.15, -0.1) is 0 Å². The summed E-state index contributed by atoms with van der Waals surface area (Å²) < 4.78 is 98.7. The van der Waals surface area contributed by atoms with Gasteiger partial charge in [0, 0.05) is 12.5 Å². The SMILES string of the molecule is CC(C)=C1OC(=O)N(c2cc(OC3CCCC3)c(Cl)cc2F)C1=O.COc1c(Cl)ccc(Cl)c1C(=O)O.COc1nc(C)nc(NC(=O)NS(=O)(=O)c2ccccc2CCC(F)(F)F)n1. The second kappa shape index (κ2) is 22.3. The molecule has 0 unspecified atom stereocenters. The van der Waals surface area contributed by atoms with Crippen LogP contribution in [0.4, 0.5) is 38.8 Å². The molecular formula is C40H39Cl3F4N6O11S. The molecule has 1 saturated carbocycles. The number of ether oxygens (including phenoxy) is 4. The molecule has 0 atom stereocenters. The third-order valence-electron chi connectivity index (χ3n) is 8.84. The Bertz CT molecular complexity index is 2600. The van der Waals surface area contributed by atoms with E-state index in [0.717, 1.165) is 37.8 Å². The predicted molar refractivity (Wildman–Crippen MR) is 228 cm³/mol. The molecule has 4 aromatic rings. The highest BCUT2D eigenvalue weighted by Crippen LogP contribution is 2.38. The smallest absolute Gasteiger partial charge is 0.427 e. The van der Waals surface area contributed by atoms with Gasteiger partial charge in [0.05, 0.1) is 46.0 Å². The van der Waals surface area contributed by atoms with Gasteiger partial charge in [-0.25, -0.2) is 36.8 Å². The Balaban J connectivity index is 0.000000227. The minimum Gasteiger partial charge on any atom is -0.494 e. The lowest BCUT2D eigenvalue weighted by Crippen LogP contribution is -2.35. The van der Waals surface area contributed by atoms with Gasteiger partial charge in [-0.3, -0.25) is 10.1 Å². The number of carbonyl (C=O) groups excluding carboxylic acids is 3. The molecule has 1 saturated heterocycles. The fourth-order valence-electron chi connectivity index (χ4n) is 5.94. The van der Waals surface area contributed by atoms with Gasteiger partial charge in [0.15, 0.2) is 11.5 Å². The Hall–Kier alpha value is -5.97. The highest BCUT2D eigenvalue weighted by molar-refractivity contribution is 7.90. The maximum atomic E-state index is 14.3. The van der Waals surface area contributed by atoms with Crippen molar-refractivity contribution in [2.24, 2.45) is 0 Å². The van der Waals surface area contributed by atoms with Gasteiger partial charge >= 0.3 is 36.2 Å². The predicted octanol–water partition coefficient (Wildman–Crippen LogP) is 9.47. The van der Waals surface area contributed by atoms with Crippen molar-refractivity contribution < 1.29 is 69.2 Å². The number of benzene rings is 3. The third kappa shape index (κ3) is 14.0. The fraction of sp³-hybridized carbons (Fsp3) is 0.325. The quantitative estimate of drug-likeness (QED) is 0.0940. The van der Waals surface area contributed by atoms with Crippen LogP contribution in [0.1, 0.15) is 67.7 Å². The first-order valence-corrected chi connectivity index (χ1v) is 21.5. The van der Waals surface area contributed by atoms with E-state index in [2.05, 4.69) is 20.3 Å². The van der Waals surface area contributed by atoms with E-state index >= 15 is 0 Å². The molecule has 6 rings (SSSR count). The molecule has 1 aliphatic heterocycles. The van der Waals surface area contributed by atoms with Gasteiger partial charge < -0.3 is 24.1 Å². The lowest BCUT2D eigenvalue weighted by molar-refractivity contribution is -0.134. The minimum atomic E-state index is -4.45. The van der Waals surface area contributed by atoms with Crippen LogP contribution in [0, 0.1) is 12.7 Å². The molecule has 25 heteroatoms. The van der Waals surface area contributed by atoms with E-state index in [9.17, 15) is 45.2 Å². The zero-order valence-electron chi connectivity index (χ0n) is 34.8. The molecule has 65 heavy (non-hydrogen) atoms. The highest BCUT2D eigenvalue weighted by Gasteiger charge is 2.40. The Morgan fingerprint density at radius 1 is 0.954 bits per heavy atom. The monoisotopic (exact) mass is 992 g/mol. The zero-order valence-corrected chi connectivity index (χ0v) is 37.9. The number of amides is 4. The number of hydrogen-bond acceptors (Lipinski definition) is 13. The van der Waals surface area contributed by atoms with Crippen LogP contribution in [0.15, 0.2) is 64.8 Å². The van der Waals surface area contributed by atoms with Crippen LogP contribution in [0.3, 0.4) is 0 Å². The van der Waals surface area contributed by atoms with Gasteiger partial charge in [0.25, 0.3) is 10.0 Å². The van der Waals surface area contributed by atoms with E-state index in [1.54, 1.807) is 18.6 Å². The van der Waals surface area contributed by atoms with Crippen LogP contribution in [0.25, 0.3) is 0 Å². The van der Waals surface area contributed by atoms with Crippen molar-refractivity contribution in [1.82, 2.24) is 19.7 Å². The summed E-state index contributed by atoms with van der Waals surface area (Å²) in [5.74, 6) is -2.46. The van der Waals surface area contributed by atoms with Gasteiger partial charge in [-0.2, -0.15) is 28.1 Å². The zero-order chi connectivity index (χ0) is 48.4. The number of methoxy groups -OCH3 is 2. The van der Waals surface area contributed by atoms with Crippen LogP contribution < -0.4 is 29.1 Å². The van der Waals surface area contributed by atoms with Crippen molar-refractivity contribution in [2.45, 2.75) is 76.5 Å². The first-order chi connectivity index (χ1) is 30.5. The van der Waals surface area contributed by atoms with Crippen molar-refractivity contribution >= 4 is 80.5 Å². The van der Waals surface area contributed by atoms with Crippen LogP contribution in [0.5, 0.6) is 17.5 Å². The number of halogens is 7. The van der Waals surface area contributed by atoms with E-state index in [0.29, 0.717) is 10.5 Å². The molecule has 1 aromatic heterocycles. The van der Waals surface area contributed by atoms with Crippen molar-refractivity contribution in [2.75, 3.05) is 24.4 Å². The third-order valence-corrected chi connectivity index (χ3v) is 11.2. The molecule has 3 aromatic carbocycles. The van der Waals surface area contributed by atoms with Crippen LogP contribution >= 0.6 is 34.8 Å². The molecule has 350 valence electrons. The standard InChI is InChI=1S/C17H17ClFNO4.C15H16F3N5O4S.C8H6Cl2O3/c1-9(2)15-16(21)20(17(22)24-15)13-8-14(11(18)7-12(13)19)23-10-5-3-4-6-10;1-9-19-12(22-14(20-9)27-2)21-13(24)23-28(25,26)11-6-4-3-5-10(11)7-8-15(16,17)18;1-13-7-5(10)3-2-4(9)6(7)8(11)12/h7-8,10H,3-6H2,1-2H3;3-6H,7-8H2,1-2H3,(H2,19,20,21,22,23,24);2-3H,1H3,(H,11,12). The number of nitrogens with zero attached hydrogens (tertiary/aromatic N) is 4. The summed E-state index contributed by atoms with van der Waals surface area (Å²) >= 11 is 17.4. The summed E-state index contributed by atoms with van der Waals surface area (Å²) in [5.41, 5.74) is 0.126. The summed E-state index contributed by atoms with van der Waals surface area (Å²) in [4.78, 5) is 58.7. The molecule has 4 amide bonds. The molecule has 2 fully saturated rings. The molecule has 17 nitrogen and oxygen atoms in total. The molecule has 1 aliphatic carbocycles. The number of aromatic nitrogens is 3. The van der Waals surface area contributed by atoms with Crippen molar-refractivity contribution in [1.29, 1.82) is 0 Å². The van der Waals surface area contributed by atoms with E-state index in [1.165, 1.54) is 57.5 Å². The molecule has 2 heterocycles. The number of aryl methyl sites for hydroxylation is 2. The first-order valence-electron chi connectivity index (χ1n) is 18.9. The number of imide groups is 1. The molecule has 0 spiro atoms. The Kier molecular flexibility index (Phi) is 17.7. The second-order valence-corrected chi connectivity index (χ2v) is 16.7. The van der Waals surface area contributed by atoms with E-state index < -0.39 is 63.8 Å². The first kappa shape index (κ1) is 51.7. The van der Waals surface area contributed by atoms with Crippen molar-refractivity contribution in [3.8, 4) is 17.5 Å². The normalized spacial score (nSPS) is 13.8. The summed E-state index contributed by atoms with van der Waals surface area (Å²) in [6.07, 6.45) is -3.20. The number of anilines is 2. The average Bonchev–Trinajstić information content (AvgIpc) is 3.85. The molecule has 0 bridgehead atoms. The van der Waals surface area contributed by atoms with Crippen LogP contribution in [0.2, 0.25) is 15.1 Å². The van der Waals surface area contributed by atoms with Gasteiger partial charge in [-0.1, -0.05) is 53.0 Å². The fourth-order valence-corrected chi connectivity index (χ4v) is 7.78. The lowest BCUT2D eigenvalue weighted by Gasteiger charge is -2.18. The number of sulfonamides is 1. The van der Waals surface area contributed by atoms with Gasteiger partial charge in [0.1, 0.15) is 23.0 Å². The van der Waals surface area contributed by atoms with Crippen LogP contribution in [-0.4, -0.2) is 79.0 Å². The topological polar surface area (TPSA) is 226 Å². The summed E-state index contributed by atoms with van der Waals surface area (Å²) in [5, 5.41) is 11.3. The largest absolute Gasteiger partial charge is 0.494 e. The number of cyclic esters (lactones) is 1. The maximum absolute atomic E-state index is 14.3. The Morgan fingerprint density at radius 3 is 2.17 bits per heavy atom. The summed E-state index contributed by atoms with van der Waals surface area (Å²) in [7, 11) is -1.81. The number of carboxylic acids is 1. The van der Waals surface area contributed by atoms with E-state index in [1.807, 2.05) is 0 Å².